The highest BCUT2D eigenvalue weighted by atomic mass is 35.5. The Morgan fingerprint density at radius 1 is 1.12 bits per heavy atom. The first-order valence-corrected chi connectivity index (χ1v) is 9.09. The standard InChI is InChI=1S/C21H21ClN2O/c1-14-6-8-15(9-7-14)20(24-11-2-3-12-24)17-13-18(22)16-5-4-10-23-19(16)21(17)25/h4-10,13,20,25H,2-3,11-12H2,1H3. The zero-order valence-corrected chi connectivity index (χ0v) is 15.0. The van der Waals surface area contributed by atoms with Crippen LogP contribution >= 0.6 is 11.6 Å². The lowest BCUT2D eigenvalue weighted by Crippen LogP contribution is -2.26. The van der Waals surface area contributed by atoms with Gasteiger partial charge in [-0.1, -0.05) is 41.4 Å². The maximum Gasteiger partial charge on any atom is 0.147 e. The predicted octanol–water partition coefficient (Wildman–Crippen LogP) is 5.09. The number of hydrogen-bond acceptors (Lipinski definition) is 3. The fourth-order valence-electron chi connectivity index (χ4n) is 3.75. The van der Waals surface area contributed by atoms with Crippen molar-refractivity contribution in [2.75, 3.05) is 13.1 Å². The van der Waals surface area contributed by atoms with E-state index in [4.69, 9.17) is 11.6 Å². The number of likely N-dealkylation sites (tertiary alicyclic amines) is 1. The van der Waals surface area contributed by atoms with Crippen LogP contribution in [0.1, 0.15) is 35.6 Å². The first kappa shape index (κ1) is 16.4. The third-order valence-corrected chi connectivity index (χ3v) is 5.35. The zero-order valence-electron chi connectivity index (χ0n) is 14.2. The summed E-state index contributed by atoms with van der Waals surface area (Å²) in [5, 5.41) is 12.4. The highest BCUT2D eigenvalue weighted by Gasteiger charge is 2.28. The third-order valence-electron chi connectivity index (χ3n) is 5.04. The van der Waals surface area contributed by atoms with Gasteiger partial charge in [-0.3, -0.25) is 9.88 Å². The van der Waals surface area contributed by atoms with Crippen molar-refractivity contribution >= 4 is 22.5 Å². The molecule has 0 bridgehead atoms. The molecular weight excluding hydrogens is 332 g/mol. The normalized spacial score (nSPS) is 16.4. The number of halogens is 1. The number of phenols is 1. The highest BCUT2D eigenvalue weighted by molar-refractivity contribution is 6.35. The predicted molar refractivity (Wildman–Crippen MR) is 102 cm³/mol. The average Bonchev–Trinajstić information content (AvgIpc) is 3.15. The van der Waals surface area contributed by atoms with E-state index in [1.807, 2.05) is 18.2 Å². The molecule has 1 N–H and O–H groups in total. The van der Waals surface area contributed by atoms with Gasteiger partial charge in [-0.15, -0.1) is 0 Å². The van der Waals surface area contributed by atoms with Crippen molar-refractivity contribution in [1.29, 1.82) is 0 Å². The van der Waals surface area contributed by atoms with Crippen LogP contribution in [0.4, 0.5) is 0 Å². The van der Waals surface area contributed by atoms with Crippen LogP contribution in [0.5, 0.6) is 5.75 Å². The van der Waals surface area contributed by atoms with E-state index < -0.39 is 0 Å². The molecule has 2 aromatic carbocycles. The summed E-state index contributed by atoms with van der Waals surface area (Å²) < 4.78 is 0. The van der Waals surface area contributed by atoms with E-state index in [2.05, 4.69) is 41.1 Å². The van der Waals surface area contributed by atoms with E-state index in [0.29, 0.717) is 10.5 Å². The number of nitrogens with zero attached hydrogens (tertiary/aromatic N) is 2. The molecule has 1 aliphatic rings. The second-order valence-electron chi connectivity index (χ2n) is 6.75. The molecule has 1 atom stereocenters. The Morgan fingerprint density at radius 2 is 1.84 bits per heavy atom. The van der Waals surface area contributed by atoms with E-state index >= 15 is 0 Å². The molecule has 0 radical (unpaired) electrons. The van der Waals surface area contributed by atoms with Crippen molar-refractivity contribution in [2.24, 2.45) is 0 Å². The van der Waals surface area contributed by atoms with Crippen molar-refractivity contribution < 1.29 is 5.11 Å². The number of aromatic nitrogens is 1. The minimum absolute atomic E-state index is 0.00740. The molecule has 25 heavy (non-hydrogen) atoms. The van der Waals surface area contributed by atoms with Gasteiger partial charge in [0.15, 0.2) is 0 Å². The first-order valence-electron chi connectivity index (χ1n) is 8.72. The summed E-state index contributed by atoms with van der Waals surface area (Å²) in [7, 11) is 0. The number of aryl methyl sites for hydroxylation is 1. The molecule has 4 heteroatoms. The highest BCUT2D eigenvalue weighted by Crippen LogP contribution is 2.41. The van der Waals surface area contributed by atoms with E-state index in [1.165, 1.54) is 24.0 Å². The molecule has 0 saturated carbocycles. The van der Waals surface area contributed by atoms with Gasteiger partial charge in [0.1, 0.15) is 11.3 Å². The van der Waals surface area contributed by atoms with Crippen LogP contribution in [0.15, 0.2) is 48.7 Å². The molecular formula is C21H21ClN2O. The van der Waals surface area contributed by atoms with Crippen molar-refractivity contribution in [2.45, 2.75) is 25.8 Å². The van der Waals surface area contributed by atoms with Crippen LogP contribution < -0.4 is 0 Å². The van der Waals surface area contributed by atoms with Crippen molar-refractivity contribution in [3.63, 3.8) is 0 Å². The van der Waals surface area contributed by atoms with Crippen molar-refractivity contribution in [3.05, 3.63) is 70.4 Å². The molecule has 2 heterocycles. The lowest BCUT2D eigenvalue weighted by Gasteiger charge is -2.29. The summed E-state index contributed by atoms with van der Waals surface area (Å²) >= 11 is 6.53. The first-order chi connectivity index (χ1) is 12.1. The van der Waals surface area contributed by atoms with Crippen LogP contribution in [0.3, 0.4) is 0 Å². The molecule has 0 amide bonds. The second kappa shape index (κ2) is 6.66. The van der Waals surface area contributed by atoms with Crippen LogP contribution in [0.25, 0.3) is 10.9 Å². The van der Waals surface area contributed by atoms with Crippen molar-refractivity contribution in [1.82, 2.24) is 9.88 Å². The number of rotatable bonds is 3. The molecule has 3 aromatic rings. The summed E-state index contributed by atoms with van der Waals surface area (Å²) in [6.45, 7) is 4.13. The summed E-state index contributed by atoms with van der Waals surface area (Å²) in [6, 6.07) is 14.2. The molecule has 3 nitrogen and oxygen atoms in total. The Morgan fingerprint density at radius 3 is 2.56 bits per heavy atom. The maximum absolute atomic E-state index is 11.0. The van der Waals surface area contributed by atoms with Crippen LogP contribution in [0, 0.1) is 6.92 Å². The Labute approximate surface area is 152 Å². The van der Waals surface area contributed by atoms with Crippen LogP contribution in [0.2, 0.25) is 5.02 Å². The number of phenolic OH excluding ortho intramolecular Hbond substituents is 1. The van der Waals surface area contributed by atoms with E-state index in [9.17, 15) is 5.11 Å². The number of aromatic hydroxyl groups is 1. The Hall–Kier alpha value is -2.10. The molecule has 1 saturated heterocycles. The summed E-state index contributed by atoms with van der Waals surface area (Å²) in [4.78, 5) is 6.79. The average molecular weight is 353 g/mol. The van der Waals surface area contributed by atoms with Crippen LogP contribution in [-0.2, 0) is 0 Å². The smallest absolute Gasteiger partial charge is 0.147 e. The molecule has 0 aliphatic carbocycles. The van der Waals surface area contributed by atoms with E-state index in [0.717, 1.165) is 24.0 Å². The van der Waals surface area contributed by atoms with Gasteiger partial charge in [-0.2, -0.15) is 0 Å². The third kappa shape index (κ3) is 2.99. The minimum Gasteiger partial charge on any atom is -0.505 e. The maximum atomic E-state index is 11.0. The number of benzene rings is 2. The summed E-state index contributed by atoms with van der Waals surface area (Å²) in [6.07, 6.45) is 4.06. The van der Waals surface area contributed by atoms with E-state index in [1.54, 1.807) is 6.20 Å². The lowest BCUT2D eigenvalue weighted by molar-refractivity contribution is 0.275. The molecule has 1 unspecified atom stereocenters. The molecule has 0 spiro atoms. The summed E-state index contributed by atoms with van der Waals surface area (Å²) in [5.41, 5.74) is 3.81. The van der Waals surface area contributed by atoms with Gasteiger partial charge < -0.3 is 5.11 Å². The van der Waals surface area contributed by atoms with Gasteiger partial charge in [0.25, 0.3) is 0 Å². The lowest BCUT2D eigenvalue weighted by atomic mass is 9.94. The topological polar surface area (TPSA) is 36.4 Å². The SMILES string of the molecule is Cc1ccc(C(c2cc(Cl)c3cccnc3c2O)N2CCCC2)cc1. The number of pyridine rings is 1. The van der Waals surface area contributed by atoms with Gasteiger partial charge in [-0.05, 0) is 56.6 Å². The minimum atomic E-state index is -0.00740. The van der Waals surface area contributed by atoms with Gasteiger partial charge in [-0.25, -0.2) is 0 Å². The second-order valence-corrected chi connectivity index (χ2v) is 7.16. The monoisotopic (exact) mass is 352 g/mol. The zero-order chi connectivity index (χ0) is 17.4. The van der Waals surface area contributed by atoms with Gasteiger partial charge in [0, 0.05) is 17.1 Å². The van der Waals surface area contributed by atoms with Gasteiger partial charge in [0.05, 0.1) is 11.1 Å². The molecule has 1 aliphatic heterocycles. The Kier molecular flexibility index (Phi) is 4.36. The Balaban J connectivity index is 1.91. The molecule has 4 rings (SSSR count). The molecule has 1 fully saturated rings. The van der Waals surface area contributed by atoms with Gasteiger partial charge in [0.2, 0.25) is 0 Å². The molecule has 128 valence electrons. The van der Waals surface area contributed by atoms with Crippen molar-refractivity contribution in [3.8, 4) is 5.75 Å². The summed E-state index contributed by atoms with van der Waals surface area (Å²) in [5.74, 6) is 0.234. The molecule has 1 aromatic heterocycles. The van der Waals surface area contributed by atoms with Crippen LogP contribution in [-0.4, -0.2) is 28.1 Å². The quantitative estimate of drug-likeness (QED) is 0.713. The largest absolute Gasteiger partial charge is 0.505 e. The van der Waals surface area contributed by atoms with E-state index in [-0.39, 0.29) is 11.8 Å². The Bertz CT molecular complexity index is 902. The number of fused-ring (bicyclic) bond motifs is 1. The fraction of sp³-hybridized carbons (Fsp3) is 0.286. The number of hydrogen-bond donors (Lipinski definition) is 1. The van der Waals surface area contributed by atoms with Gasteiger partial charge >= 0.3 is 0 Å². The fourth-order valence-corrected chi connectivity index (χ4v) is 4.02.